The largest absolute Gasteiger partial charge is 0.330 e. The number of hydrogen-bond acceptors (Lipinski definition) is 2. The molecule has 1 rings (SSSR count). The van der Waals surface area contributed by atoms with E-state index in [1.165, 1.54) is 12.1 Å². The van der Waals surface area contributed by atoms with Crippen molar-refractivity contribution in [2.45, 2.75) is 25.3 Å². The summed E-state index contributed by atoms with van der Waals surface area (Å²) in [5.74, 6) is -1.17. The van der Waals surface area contributed by atoms with Crippen molar-refractivity contribution in [2.75, 3.05) is 6.54 Å². The molecule has 0 aromatic heterocycles. The van der Waals surface area contributed by atoms with E-state index in [0.717, 1.165) is 18.9 Å². The predicted octanol–water partition coefficient (Wildman–Crippen LogP) is 2.52. The fraction of sp³-hybridized carbons (Fsp3) is 0.455. The number of halogens is 3. The highest BCUT2D eigenvalue weighted by Gasteiger charge is 2.08. The molecule has 1 aromatic rings. The highest BCUT2D eigenvalue weighted by molar-refractivity contribution is 5.85. The van der Waals surface area contributed by atoms with Gasteiger partial charge in [0.2, 0.25) is 0 Å². The highest BCUT2D eigenvalue weighted by Crippen LogP contribution is 2.18. The molecule has 0 aliphatic carbocycles. The van der Waals surface area contributed by atoms with Crippen molar-refractivity contribution in [1.29, 1.82) is 0 Å². The van der Waals surface area contributed by atoms with E-state index in [4.69, 9.17) is 11.5 Å². The maximum absolute atomic E-state index is 12.9. The summed E-state index contributed by atoms with van der Waals surface area (Å²) in [7, 11) is 0. The van der Waals surface area contributed by atoms with Crippen LogP contribution in [0, 0.1) is 11.6 Å². The first-order valence-corrected chi connectivity index (χ1v) is 5.05. The Kier molecular flexibility index (Phi) is 7.21. The van der Waals surface area contributed by atoms with E-state index >= 15 is 0 Å². The van der Waals surface area contributed by atoms with Crippen molar-refractivity contribution in [3.05, 3.63) is 35.4 Å². The summed E-state index contributed by atoms with van der Waals surface area (Å²) in [6.07, 6.45) is 2.45. The second-order valence-electron chi connectivity index (χ2n) is 3.59. The van der Waals surface area contributed by atoms with Crippen LogP contribution < -0.4 is 11.5 Å². The molecule has 1 atom stereocenters. The highest BCUT2D eigenvalue weighted by atomic mass is 35.5. The minimum atomic E-state index is -0.584. The van der Waals surface area contributed by atoms with Crippen LogP contribution in [0.15, 0.2) is 18.2 Å². The minimum Gasteiger partial charge on any atom is -0.330 e. The molecular weight excluding hydrogens is 234 g/mol. The van der Waals surface area contributed by atoms with E-state index in [9.17, 15) is 8.78 Å². The van der Waals surface area contributed by atoms with E-state index in [1.807, 2.05) is 0 Å². The number of nitrogens with two attached hydrogens (primary N) is 2. The zero-order valence-electron chi connectivity index (χ0n) is 8.96. The van der Waals surface area contributed by atoms with Crippen molar-refractivity contribution in [1.82, 2.24) is 0 Å². The first kappa shape index (κ1) is 15.3. The standard InChI is InChI=1S/C11H16F2N2.ClH/c12-9-5-8(6-10(13)7-9)11(15)3-1-2-4-14;/h5-7,11H,1-4,14-15H2;1H/t11-;/m0./s1. The Balaban J connectivity index is 0.00000225. The van der Waals surface area contributed by atoms with Gasteiger partial charge >= 0.3 is 0 Å². The van der Waals surface area contributed by atoms with Crippen LogP contribution in [0.3, 0.4) is 0 Å². The molecular formula is C11H17ClF2N2. The maximum Gasteiger partial charge on any atom is 0.126 e. The molecule has 2 nitrogen and oxygen atoms in total. The quantitative estimate of drug-likeness (QED) is 0.789. The van der Waals surface area contributed by atoms with Crippen molar-refractivity contribution < 1.29 is 8.78 Å². The molecule has 92 valence electrons. The van der Waals surface area contributed by atoms with Gasteiger partial charge < -0.3 is 11.5 Å². The van der Waals surface area contributed by atoms with E-state index in [2.05, 4.69) is 0 Å². The number of benzene rings is 1. The van der Waals surface area contributed by atoms with Crippen LogP contribution >= 0.6 is 12.4 Å². The molecule has 0 saturated heterocycles. The van der Waals surface area contributed by atoms with Gasteiger partial charge in [0, 0.05) is 12.1 Å². The summed E-state index contributed by atoms with van der Waals surface area (Å²) >= 11 is 0. The first-order chi connectivity index (χ1) is 7.13. The lowest BCUT2D eigenvalue weighted by Crippen LogP contribution is -2.11. The van der Waals surface area contributed by atoms with Gasteiger partial charge in [-0.2, -0.15) is 0 Å². The third-order valence-corrected chi connectivity index (χ3v) is 2.28. The molecule has 0 saturated carbocycles. The van der Waals surface area contributed by atoms with Gasteiger partial charge in [-0.25, -0.2) is 8.78 Å². The predicted molar refractivity (Wildman–Crippen MR) is 63.4 cm³/mol. The summed E-state index contributed by atoms with van der Waals surface area (Å²) in [4.78, 5) is 0. The van der Waals surface area contributed by atoms with Gasteiger partial charge in [-0.1, -0.05) is 6.42 Å². The van der Waals surface area contributed by atoms with Gasteiger partial charge in [-0.15, -0.1) is 12.4 Å². The Morgan fingerprint density at radius 1 is 1.06 bits per heavy atom. The van der Waals surface area contributed by atoms with Crippen LogP contribution in [0.5, 0.6) is 0 Å². The van der Waals surface area contributed by atoms with Gasteiger partial charge in [-0.05, 0) is 37.1 Å². The first-order valence-electron chi connectivity index (χ1n) is 5.05. The lowest BCUT2D eigenvalue weighted by molar-refractivity contribution is 0.556. The van der Waals surface area contributed by atoms with E-state index < -0.39 is 11.6 Å². The Labute approximate surface area is 100 Å². The molecule has 0 aliphatic rings. The van der Waals surface area contributed by atoms with Crippen LogP contribution in [-0.4, -0.2) is 6.54 Å². The van der Waals surface area contributed by atoms with Gasteiger partial charge in [0.25, 0.3) is 0 Å². The minimum absolute atomic E-state index is 0. The van der Waals surface area contributed by atoms with Crippen LogP contribution in [0.4, 0.5) is 8.78 Å². The molecule has 0 amide bonds. The smallest absolute Gasteiger partial charge is 0.126 e. The average Bonchev–Trinajstić information content (AvgIpc) is 2.16. The van der Waals surface area contributed by atoms with Crippen LogP contribution in [0.1, 0.15) is 30.9 Å². The molecule has 16 heavy (non-hydrogen) atoms. The van der Waals surface area contributed by atoms with Gasteiger partial charge in [-0.3, -0.25) is 0 Å². The molecule has 0 spiro atoms. The average molecular weight is 251 g/mol. The second kappa shape index (κ2) is 7.54. The summed E-state index contributed by atoms with van der Waals surface area (Å²) in [6.45, 7) is 0.615. The van der Waals surface area contributed by atoms with Crippen molar-refractivity contribution in [2.24, 2.45) is 11.5 Å². The molecule has 1 aromatic carbocycles. The Morgan fingerprint density at radius 3 is 2.12 bits per heavy atom. The lowest BCUT2D eigenvalue weighted by atomic mass is 10.0. The van der Waals surface area contributed by atoms with Crippen molar-refractivity contribution in [3.8, 4) is 0 Å². The fourth-order valence-corrected chi connectivity index (χ4v) is 1.46. The van der Waals surface area contributed by atoms with Crippen LogP contribution in [0.2, 0.25) is 0 Å². The van der Waals surface area contributed by atoms with Crippen molar-refractivity contribution >= 4 is 12.4 Å². The number of unbranched alkanes of at least 4 members (excludes halogenated alkanes) is 1. The van der Waals surface area contributed by atoms with Gasteiger partial charge in [0.1, 0.15) is 11.6 Å². The summed E-state index contributed by atoms with van der Waals surface area (Å²) in [5.41, 5.74) is 11.6. The normalized spacial score (nSPS) is 12.0. The molecule has 0 heterocycles. The number of rotatable bonds is 5. The molecule has 0 aliphatic heterocycles. The van der Waals surface area contributed by atoms with Crippen molar-refractivity contribution in [3.63, 3.8) is 0 Å². The van der Waals surface area contributed by atoms with E-state index in [1.54, 1.807) is 0 Å². The zero-order chi connectivity index (χ0) is 11.3. The molecule has 0 bridgehead atoms. The summed E-state index contributed by atoms with van der Waals surface area (Å²) in [6, 6.07) is 3.07. The second-order valence-corrected chi connectivity index (χ2v) is 3.59. The Morgan fingerprint density at radius 2 is 1.62 bits per heavy atom. The molecule has 0 radical (unpaired) electrons. The number of hydrogen-bond donors (Lipinski definition) is 2. The van der Waals surface area contributed by atoms with E-state index in [0.29, 0.717) is 18.5 Å². The summed E-state index contributed by atoms with van der Waals surface area (Å²) < 4.78 is 25.7. The van der Waals surface area contributed by atoms with Gasteiger partial charge in [0.15, 0.2) is 0 Å². The topological polar surface area (TPSA) is 52.0 Å². The Bertz CT molecular complexity index is 301. The van der Waals surface area contributed by atoms with Crippen LogP contribution in [0.25, 0.3) is 0 Å². The third kappa shape index (κ3) is 4.88. The molecule has 0 unspecified atom stereocenters. The Hall–Kier alpha value is -0.710. The summed E-state index contributed by atoms with van der Waals surface area (Å²) in [5, 5.41) is 0. The lowest BCUT2D eigenvalue weighted by Gasteiger charge is -2.11. The maximum atomic E-state index is 12.9. The molecule has 4 N–H and O–H groups in total. The van der Waals surface area contributed by atoms with E-state index in [-0.39, 0.29) is 18.4 Å². The fourth-order valence-electron chi connectivity index (χ4n) is 1.46. The van der Waals surface area contributed by atoms with Crippen LogP contribution in [-0.2, 0) is 0 Å². The molecule has 5 heteroatoms. The van der Waals surface area contributed by atoms with Gasteiger partial charge in [0.05, 0.1) is 0 Å². The molecule has 0 fully saturated rings. The third-order valence-electron chi connectivity index (χ3n) is 2.28. The SMILES string of the molecule is Cl.NCCCC[C@H](N)c1cc(F)cc(F)c1. The zero-order valence-corrected chi connectivity index (χ0v) is 9.77. The monoisotopic (exact) mass is 250 g/mol.